The van der Waals surface area contributed by atoms with Crippen LogP contribution in [0, 0.1) is 11.8 Å². The third-order valence-electron chi connectivity index (χ3n) is 5.77. The van der Waals surface area contributed by atoms with Gasteiger partial charge < -0.3 is 10.1 Å². The van der Waals surface area contributed by atoms with Gasteiger partial charge in [0, 0.05) is 6.04 Å². The lowest BCUT2D eigenvalue weighted by molar-refractivity contribution is -0.124. The van der Waals surface area contributed by atoms with Gasteiger partial charge in [-0.05, 0) is 80.0 Å². The number of fused-ring (bicyclic) bond motifs is 3. The highest BCUT2D eigenvalue weighted by molar-refractivity contribution is 5.78. The minimum Gasteiger partial charge on any atom is -0.484 e. The van der Waals surface area contributed by atoms with Crippen molar-refractivity contribution in [1.82, 2.24) is 5.32 Å². The van der Waals surface area contributed by atoms with E-state index in [-0.39, 0.29) is 12.5 Å². The smallest absolute Gasteiger partial charge is 0.258 e. The molecule has 1 aromatic rings. The highest BCUT2D eigenvalue weighted by Gasteiger charge is 2.40. The topological polar surface area (TPSA) is 38.3 Å². The van der Waals surface area contributed by atoms with E-state index in [0.29, 0.717) is 6.04 Å². The molecule has 1 aromatic carbocycles. The predicted octanol–water partition coefficient (Wildman–Crippen LogP) is 3.25. The zero-order chi connectivity index (χ0) is 14.9. The van der Waals surface area contributed by atoms with Crippen LogP contribution >= 0.6 is 0 Å². The van der Waals surface area contributed by atoms with Gasteiger partial charge in [0.2, 0.25) is 0 Å². The van der Waals surface area contributed by atoms with E-state index in [4.69, 9.17) is 4.74 Å². The minimum atomic E-state index is 0.0373. The van der Waals surface area contributed by atoms with Crippen LogP contribution in [0.15, 0.2) is 18.2 Å². The second-order valence-electron chi connectivity index (χ2n) is 7.28. The van der Waals surface area contributed by atoms with Crippen molar-refractivity contribution in [2.75, 3.05) is 6.61 Å². The summed E-state index contributed by atoms with van der Waals surface area (Å²) in [5.74, 6) is 2.45. The fourth-order valence-electron chi connectivity index (χ4n) is 4.62. The lowest BCUT2D eigenvalue weighted by Gasteiger charge is -2.23. The summed E-state index contributed by atoms with van der Waals surface area (Å²) in [6.07, 6.45) is 10.0. The molecular formula is C19H25NO2. The molecular weight excluding hydrogens is 274 g/mol. The number of carbonyl (C=O) groups excluding carboxylic acids is 1. The average Bonchev–Trinajstić information content (AvgIpc) is 3.15. The zero-order valence-corrected chi connectivity index (χ0v) is 13.1. The van der Waals surface area contributed by atoms with Crippen LogP contribution in [0.2, 0.25) is 0 Å². The standard InChI is InChI=1S/C19H25NO2/c21-19(20-18-10-13-5-6-16(18)9-13)12-22-17-8-7-14-3-1-2-4-15(14)11-17/h7-8,11,13,16,18H,1-6,9-10,12H2,(H,20,21)/t13-,16+,18-/m0/s1. The molecule has 3 nitrogen and oxygen atoms in total. The maximum absolute atomic E-state index is 12.1. The number of carbonyl (C=O) groups is 1. The predicted molar refractivity (Wildman–Crippen MR) is 86.0 cm³/mol. The van der Waals surface area contributed by atoms with E-state index >= 15 is 0 Å². The van der Waals surface area contributed by atoms with Crippen LogP contribution in [-0.4, -0.2) is 18.6 Å². The van der Waals surface area contributed by atoms with Gasteiger partial charge in [0.05, 0.1) is 0 Å². The number of ether oxygens (including phenoxy) is 1. The lowest BCUT2D eigenvalue weighted by Crippen LogP contribution is -2.40. The number of amides is 1. The first kappa shape index (κ1) is 14.1. The molecule has 3 heteroatoms. The molecule has 118 valence electrons. The van der Waals surface area contributed by atoms with Crippen LogP contribution in [0.3, 0.4) is 0 Å². The maximum Gasteiger partial charge on any atom is 0.258 e. The van der Waals surface area contributed by atoms with Gasteiger partial charge in [-0.3, -0.25) is 4.79 Å². The Balaban J connectivity index is 1.30. The summed E-state index contributed by atoms with van der Waals surface area (Å²) in [5.41, 5.74) is 2.85. The van der Waals surface area contributed by atoms with Gasteiger partial charge in [-0.2, -0.15) is 0 Å². The fourth-order valence-corrected chi connectivity index (χ4v) is 4.62. The van der Waals surface area contributed by atoms with E-state index in [1.807, 2.05) is 6.07 Å². The number of hydrogen-bond acceptors (Lipinski definition) is 2. The summed E-state index contributed by atoms with van der Waals surface area (Å²) in [4.78, 5) is 12.1. The Hall–Kier alpha value is -1.51. The van der Waals surface area contributed by atoms with E-state index in [0.717, 1.165) is 24.0 Å². The van der Waals surface area contributed by atoms with Crippen molar-refractivity contribution in [2.45, 2.75) is 57.4 Å². The number of benzene rings is 1. The highest BCUT2D eigenvalue weighted by Crippen LogP contribution is 2.44. The average molecular weight is 299 g/mol. The number of hydrogen-bond donors (Lipinski definition) is 1. The molecule has 0 unspecified atom stereocenters. The summed E-state index contributed by atoms with van der Waals surface area (Å²) < 4.78 is 5.71. The quantitative estimate of drug-likeness (QED) is 0.927. The second kappa shape index (κ2) is 5.94. The molecule has 0 spiro atoms. The molecule has 3 aliphatic rings. The van der Waals surface area contributed by atoms with Crippen molar-refractivity contribution in [3.8, 4) is 5.75 Å². The Bertz CT molecular complexity index is 569. The van der Waals surface area contributed by atoms with Gasteiger partial charge in [-0.15, -0.1) is 0 Å². The molecule has 2 fully saturated rings. The molecule has 4 rings (SSSR count). The van der Waals surface area contributed by atoms with Crippen LogP contribution < -0.4 is 10.1 Å². The van der Waals surface area contributed by atoms with Gasteiger partial charge in [0.25, 0.3) is 5.91 Å². The third-order valence-corrected chi connectivity index (χ3v) is 5.77. The van der Waals surface area contributed by atoms with Gasteiger partial charge in [0.15, 0.2) is 6.61 Å². The number of nitrogens with one attached hydrogen (secondary N) is 1. The molecule has 0 aromatic heterocycles. The second-order valence-corrected chi connectivity index (χ2v) is 7.28. The minimum absolute atomic E-state index is 0.0373. The summed E-state index contributed by atoms with van der Waals surface area (Å²) in [5, 5.41) is 3.18. The van der Waals surface area contributed by atoms with E-state index in [1.54, 1.807) is 0 Å². The van der Waals surface area contributed by atoms with Gasteiger partial charge in [0.1, 0.15) is 5.75 Å². The Labute approximate surface area is 132 Å². The third kappa shape index (κ3) is 2.86. The van der Waals surface area contributed by atoms with Crippen molar-refractivity contribution >= 4 is 5.91 Å². The van der Waals surface area contributed by atoms with Crippen LogP contribution in [0.25, 0.3) is 0 Å². The molecule has 3 atom stereocenters. The van der Waals surface area contributed by atoms with Gasteiger partial charge >= 0.3 is 0 Å². The Morgan fingerprint density at radius 1 is 1.14 bits per heavy atom. The Kier molecular flexibility index (Phi) is 3.81. The van der Waals surface area contributed by atoms with E-state index in [2.05, 4.69) is 17.4 Å². The molecule has 0 radical (unpaired) electrons. The molecule has 0 heterocycles. The van der Waals surface area contributed by atoms with Crippen LogP contribution in [0.4, 0.5) is 0 Å². The highest BCUT2D eigenvalue weighted by atomic mass is 16.5. The van der Waals surface area contributed by atoms with Crippen molar-refractivity contribution in [3.63, 3.8) is 0 Å². The number of rotatable bonds is 4. The van der Waals surface area contributed by atoms with E-state index in [1.165, 1.54) is 56.1 Å². The number of aryl methyl sites for hydroxylation is 2. The lowest BCUT2D eigenvalue weighted by atomic mass is 9.92. The van der Waals surface area contributed by atoms with Crippen molar-refractivity contribution in [1.29, 1.82) is 0 Å². The molecule has 2 saturated carbocycles. The normalized spacial score (nSPS) is 29.2. The Morgan fingerprint density at radius 2 is 2.00 bits per heavy atom. The van der Waals surface area contributed by atoms with Crippen molar-refractivity contribution in [2.24, 2.45) is 11.8 Å². The van der Waals surface area contributed by atoms with Gasteiger partial charge in [-0.1, -0.05) is 12.5 Å². The molecule has 2 bridgehead atoms. The first-order valence-electron chi connectivity index (χ1n) is 8.82. The van der Waals surface area contributed by atoms with Crippen molar-refractivity contribution in [3.05, 3.63) is 29.3 Å². The fraction of sp³-hybridized carbons (Fsp3) is 0.632. The molecule has 22 heavy (non-hydrogen) atoms. The van der Waals surface area contributed by atoms with E-state index in [9.17, 15) is 4.79 Å². The van der Waals surface area contributed by atoms with E-state index < -0.39 is 0 Å². The molecule has 1 amide bonds. The first-order chi connectivity index (χ1) is 10.8. The van der Waals surface area contributed by atoms with Crippen molar-refractivity contribution < 1.29 is 9.53 Å². The van der Waals surface area contributed by atoms with Crippen LogP contribution in [0.1, 0.15) is 49.7 Å². The van der Waals surface area contributed by atoms with Crippen LogP contribution in [0.5, 0.6) is 5.75 Å². The monoisotopic (exact) mass is 299 g/mol. The first-order valence-corrected chi connectivity index (χ1v) is 8.82. The molecule has 1 N–H and O–H groups in total. The summed E-state index contributed by atoms with van der Waals surface area (Å²) in [6.45, 7) is 0.146. The largest absolute Gasteiger partial charge is 0.484 e. The summed E-state index contributed by atoms with van der Waals surface area (Å²) in [7, 11) is 0. The van der Waals surface area contributed by atoms with Crippen LogP contribution in [-0.2, 0) is 17.6 Å². The Morgan fingerprint density at radius 3 is 2.77 bits per heavy atom. The zero-order valence-electron chi connectivity index (χ0n) is 13.1. The summed E-state index contributed by atoms with van der Waals surface area (Å²) in [6, 6.07) is 6.70. The van der Waals surface area contributed by atoms with Gasteiger partial charge in [-0.25, -0.2) is 0 Å². The SMILES string of the molecule is O=C(COc1ccc2c(c1)CCCC2)N[C@H]1C[C@H]2CC[C@@H]1C2. The molecule has 0 aliphatic heterocycles. The summed E-state index contributed by atoms with van der Waals surface area (Å²) >= 11 is 0. The molecule has 0 saturated heterocycles. The maximum atomic E-state index is 12.1. The molecule has 3 aliphatic carbocycles.